The maximum atomic E-state index is 12.9. The Morgan fingerprint density at radius 3 is 0.842 bits per heavy atom. The minimum absolute atomic E-state index is 0.127. The zero-order valence-corrected chi connectivity index (χ0v) is 60.2. The van der Waals surface area contributed by atoms with Crippen LogP contribution in [0.4, 0.5) is 0 Å². The van der Waals surface area contributed by atoms with Crippen LogP contribution in [0.5, 0.6) is 0 Å². The van der Waals surface area contributed by atoms with Crippen LogP contribution in [0.3, 0.4) is 0 Å². The molecule has 528 valence electrons. The first kappa shape index (κ1) is 88.4. The van der Waals surface area contributed by atoms with E-state index in [1.165, 1.54) is 0 Å². The number of aliphatic carboxylic acids is 1. The van der Waals surface area contributed by atoms with Gasteiger partial charge in [0.25, 0.3) is 0 Å². The van der Waals surface area contributed by atoms with Gasteiger partial charge in [0.1, 0.15) is 13.2 Å². The van der Waals surface area contributed by atoms with Crippen molar-refractivity contribution in [3.63, 3.8) is 0 Å². The normalized spacial score (nSPS) is 14.1. The fourth-order valence-electron chi connectivity index (χ4n) is 8.91. The number of carbonyl (C=O) groups is 3. The lowest BCUT2D eigenvalue weighted by molar-refractivity contribution is -0.870. The van der Waals surface area contributed by atoms with Gasteiger partial charge in [0.15, 0.2) is 12.4 Å². The smallest absolute Gasteiger partial charge is 0.306 e. The number of quaternary nitrogens is 1. The molecule has 0 spiro atoms. The highest BCUT2D eigenvalue weighted by Gasteiger charge is 2.22. The summed E-state index contributed by atoms with van der Waals surface area (Å²) in [5, 5.41) is 11.8. The highest BCUT2D eigenvalue weighted by atomic mass is 16.7. The number of unbranched alkanes of at least 4 members (excludes halogenated alkanes) is 11. The lowest BCUT2D eigenvalue weighted by atomic mass is 10.1. The maximum absolute atomic E-state index is 12.9. The fraction of sp³-hybridized carbons (Fsp3) is 0.523. The van der Waals surface area contributed by atoms with Gasteiger partial charge in [-0.05, 0) is 161 Å². The summed E-state index contributed by atoms with van der Waals surface area (Å²) in [7, 11) is 5.90. The molecular formula is C86H131NO8. The molecule has 95 heavy (non-hydrogen) atoms. The average molecular weight is 1310 g/mol. The molecule has 0 N–H and O–H groups in total. The summed E-state index contributed by atoms with van der Waals surface area (Å²) >= 11 is 0. The van der Waals surface area contributed by atoms with Gasteiger partial charge in [-0.2, -0.15) is 0 Å². The summed E-state index contributed by atoms with van der Waals surface area (Å²) in [6, 6.07) is 0. The molecule has 0 saturated carbocycles. The van der Waals surface area contributed by atoms with E-state index in [1.807, 2.05) is 21.1 Å². The Balaban J connectivity index is 4.29. The maximum Gasteiger partial charge on any atom is 0.306 e. The summed E-state index contributed by atoms with van der Waals surface area (Å²) < 4.78 is 22.7. The molecule has 0 radical (unpaired) electrons. The molecule has 0 aliphatic heterocycles. The summed E-state index contributed by atoms with van der Waals surface area (Å²) in [5.74, 6) is -2.36. The average Bonchev–Trinajstić information content (AvgIpc) is 2.92. The van der Waals surface area contributed by atoms with E-state index in [4.69, 9.17) is 18.9 Å². The molecule has 0 rings (SSSR count). The molecule has 0 aromatic rings. The van der Waals surface area contributed by atoms with Gasteiger partial charge < -0.3 is 33.3 Å². The Hall–Kier alpha value is -6.65. The van der Waals surface area contributed by atoms with Crippen molar-refractivity contribution in [1.29, 1.82) is 0 Å². The van der Waals surface area contributed by atoms with Crippen LogP contribution in [0.2, 0.25) is 0 Å². The van der Waals surface area contributed by atoms with Gasteiger partial charge in [-0.25, -0.2) is 0 Å². The van der Waals surface area contributed by atoms with Crippen molar-refractivity contribution in [3.05, 3.63) is 231 Å². The van der Waals surface area contributed by atoms with Crippen molar-refractivity contribution >= 4 is 17.9 Å². The number of nitrogens with zero attached hydrogens (tertiary/aromatic N) is 1. The number of ether oxygens (including phenoxy) is 4. The number of hydrogen-bond acceptors (Lipinski definition) is 8. The third-order valence-electron chi connectivity index (χ3n) is 14.4. The Kier molecular flexibility index (Phi) is 68.0. The SMILES string of the molecule is CC/C=C\C/C=C\C/C=C\C/C=C\C/C=C\C/C=C\C/C=C\C/C=C\C/C=C\C/C=C\C/C=C\CCCCCCCC(=O)OC(COC(=O)CCCCCCCC/C=C\C/C=C\C/C=C\C/C=C\C/C=C\C/C=C\C/C=C\C/C=C\CC)COC(OCC[N+](C)(C)C)C(=O)[O-]. The zero-order chi connectivity index (χ0) is 69.0. The molecule has 0 bridgehead atoms. The number of rotatable bonds is 64. The molecule has 9 heteroatoms. The molecule has 0 heterocycles. The van der Waals surface area contributed by atoms with Crippen LogP contribution >= 0.6 is 0 Å². The second-order valence-corrected chi connectivity index (χ2v) is 24.4. The summed E-state index contributed by atoms with van der Waals surface area (Å²) in [4.78, 5) is 37.5. The van der Waals surface area contributed by atoms with Crippen molar-refractivity contribution in [2.45, 2.75) is 245 Å². The van der Waals surface area contributed by atoms with Gasteiger partial charge in [0.2, 0.25) is 0 Å². The Bertz CT molecular complexity index is 2420. The van der Waals surface area contributed by atoms with E-state index in [0.29, 0.717) is 23.9 Å². The van der Waals surface area contributed by atoms with Gasteiger partial charge in [-0.15, -0.1) is 0 Å². The molecule has 9 nitrogen and oxygen atoms in total. The molecule has 0 aliphatic carbocycles. The first-order chi connectivity index (χ1) is 46.6. The van der Waals surface area contributed by atoms with E-state index < -0.39 is 24.3 Å². The van der Waals surface area contributed by atoms with Crippen LogP contribution in [-0.4, -0.2) is 82.3 Å². The number of carboxylic acid groups (broad SMARTS) is 1. The lowest BCUT2D eigenvalue weighted by Crippen LogP contribution is -2.44. The van der Waals surface area contributed by atoms with Crippen molar-refractivity contribution in [2.24, 2.45) is 0 Å². The van der Waals surface area contributed by atoms with Crippen LogP contribution in [0, 0.1) is 0 Å². The van der Waals surface area contributed by atoms with E-state index in [0.717, 1.165) is 193 Å². The molecular weight excluding hydrogens is 1170 g/mol. The molecule has 0 aromatic carbocycles. The number of carbonyl (C=O) groups excluding carboxylic acids is 3. The van der Waals surface area contributed by atoms with Crippen LogP contribution < -0.4 is 5.11 Å². The van der Waals surface area contributed by atoms with Gasteiger partial charge in [-0.3, -0.25) is 9.59 Å². The summed E-state index contributed by atoms with van der Waals surface area (Å²) in [6.07, 6.45) is 114. The fourth-order valence-corrected chi connectivity index (χ4v) is 8.91. The molecule has 0 aliphatic rings. The third-order valence-corrected chi connectivity index (χ3v) is 14.4. The Morgan fingerprint density at radius 2 is 0.568 bits per heavy atom. The van der Waals surface area contributed by atoms with E-state index in [-0.39, 0.29) is 38.6 Å². The summed E-state index contributed by atoms with van der Waals surface area (Å²) in [6.45, 7) is 4.44. The lowest BCUT2D eigenvalue weighted by Gasteiger charge is -2.26. The van der Waals surface area contributed by atoms with Crippen LogP contribution in [0.25, 0.3) is 0 Å². The number of carboxylic acids is 1. The van der Waals surface area contributed by atoms with Gasteiger partial charge >= 0.3 is 11.9 Å². The number of likely N-dealkylation sites (N-methyl/N-ethyl adjacent to an activating group) is 1. The number of hydrogen-bond donors (Lipinski definition) is 0. The minimum atomic E-state index is -1.65. The molecule has 0 amide bonds. The van der Waals surface area contributed by atoms with Crippen LogP contribution in [-0.2, 0) is 33.3 Å². The highest BCUT2D eigenvalue weighted by molar-refractivity contribution is 5.70. The van der Waals surface area contributed by atoms with Crippen molar-refractivity contribution in [3.8, 4) is 0 Å². The van der Waals surface area contributed by atoms with Crippen LogP contribution in [0.15, 0.2) is 231 Å². The molecule has 0 aromatic heterocycles. The first-order valence-corrected chi connectivity index (χ1v) is 36.5. The summed E-state index contributed by atoms with van der Waals surface area (Å²) in [5.41, 5.74) is 0. The second kappa shape index (κ2) is 73.2. The minimum Gasteiger partial charge on any atom is -0.545 e. The highest BCUT2D eigenvalue weighted by Crippen LogP contribution is 2.13. The van der Waals surface area contributed by atoms with E-state index in [2.05, 4.69) is 245 Å². The molecule has 0 fully saturated rings. The van der Waals surface area contributed by atoms with E-state index in [9.17, 15) is 19.5 Å². The quantitative estimate of drug-likeness (QED) is 0.0195. The van der Waals surface area contributed by atoms with Gasteiger partial charge in [0, 0.05) is 12.8 Å². The molecule has 2 unspecified atom stereocenters. The van der Waals surface area contributed by atoms with E-state index >= 15 is 0 Å². The second-order valence-electron chi connectivity index (χ2n) is 24.4. The Labute approximate surface area is 580 Å². The van der Waals surface area contributed by atoms with Crippen LogP contribution in [0.1, 0.15) is 232 Å². The van der Waals surface area contributed by atoms with Gasteiger partial charge in [0.05, 0.1) is 40.3 Å². The number of esters is 2. The largest absolute Gasteiger partial charge is 0.545 e. The van der Waals surface area contributed by atoms with Crippen molar-refractivity contribution in [1.82, 2.24) is 0 Å². The standard InChI is InChI=1S/C86H131NO8/c1-6-8-10-12-14-16-18-20-22-24-26-28-30-32-34-36-38-39-40-41-42-43-44-45-47-49-51-53-55-57-59-61-63-65-67-69-71-73-75-77-84(89)95-82(81-94-86(85(90)91)92-79-78-87(3,4)5)80-93-83(88)76-74-72-70-68-66-64-62-60-58-56-54-52-50-48-46-37-35-33-31-29-27-25-23-21-19-17-15-13-11-9-7-2/h8-11,14-17,20-23,26-29,32-35,38-39,41-42,44-46,48-49,51-52,54-55,57-58,60-61,63,82,86H,6-7,12-13,18-19,24-25,30-31,36-37,40,43,47,50,53,56,59,62,64-81H2,1-5H3/b10-8-,11-9-,16-14-,17-15-,22-20-,23-21-,28-26-,29-27-,34-32-,35-33-,39-38-,42-41-,45-44-,48-46-,51-49-,54-52-,57-55-,60-58-,63-61-. The molecule has 2 atom stereocenters. The predicted molar refractivity (Wildman–Crippen MR) is 406 cm³/mol. The zero-order valence-electron chi connectivity index (χ0n) is 60.2. The van der Waals surface area contributed by atoms with Crippen molar-refractivity contribution in [2.75, 3.05) is 47.5 Å². The Morgan fingerprint density at radius 1 is 0.316 bits per heavy atom. The van der Waals surface area contributed by atoms with Crippen molar-refractivity contribution < 1.29 is 42.9 Å². The topological polar surface area (TPSA) is 111 Å². The molecule has 0 saturated heterocycles. The first-order valence-electron chi connectivity index (χ1n) is 36.5. The monoisotopic (exact) mass is 1310 g/mol. The van der Waals surface area contributed by atoms with Gasteiger partial charge in [-0.1, -0.05) is 290 Å². The predicted octanol–water partition coefficient (Wildman–Crippen LogP) is 22.1. The van der Waals surface area contributed by atoms with E-state index in [1.54, 1.807) is 0 Å². The number of allylic oxidation sites excluding steroid dienone is 38. The third kappa shape index (κ3) is 74.6.